The molecule has 1 N–H and O–H groups in total. The molecule has 0 spiro atoms. The van der Waals surface area contributed by atoms with Gasteiger partial charge in [-0.3, -0.25) is 4.79 Å². The van der Waals surface area contributed by atoms with Crippen molar-refractivity contribution in [2.24, 2.45) is 0 Å². The predicted octanol–water partition coefficient (Wildman–Crippen LogP) is 2.56. The molecule has 2 rings (SSSR count). The summed E-state index contributed by atoms with van der Waals surface area (Å²) in [5.41, 5.74) is 2.05. The van der Waals surface area contributed by atoms with Crippen molar-refractivity contribution in [3.05, 3.63) is 41.0 Å². The van der Waals surface area contributed by atoms with Crippen molar-refractivity contribution < 1.29 is 9.90 Å². The molecule has 1 aliphatic carbocycles. The third kappa shape index (κ3) is 1.15. The Morgan fingerprint density at radius 3 is 2.54 bits per heavy atom. The third-order valence-electron chi connectivity index (χ3n) is 2.31. The fourth-order valence-corrected chi connectivity index (χ4v) is 1.58. The summed E-state index contributed by atoms with van der Waals surface area (Å²) >= 11 is 0. The molecule has 0 amide bonds. The SMILES string of the molecule is CC1=C(O)c2ccccc2C(=O)C1. The smallest absolute Gasteiger partial charge is 0.167 e. The quantitative estimate of drug-likeness (QED) is 0.656. The second-order valence-electron chi connectivity index (χ2n) is 3.27. The van der Waals surface area contributed by atoms with Crippen molar-refractivity contribution in [3.8, 4) is 0 Å². The Hall–Kier alpha value is -1.57. The van der Waals surface area contributed by atoms with Gasteiger partial charge in [0.25, 0.3) is 0 Å². The lowest BCUT2D eigenvalue weighted by Crippen LogP contribution is -2.10. The highest BCUT2D eigenvalue weighted by atomic mass is 16.3. The lowest BCUT2D eigenvalue weighted by Gasteiger charge is -2.15. The van der Waals surface area contributed by atoms with Gasteiger partial charge in [0, 0.05) is 17.5 Å². The van der Waals surface area contributed by atoms with Gasteiger partial charge < -0.3 is 5.11 Å². The molecule has 0 heterocycles. The molecule has 0 fully saturated rings. The maximum absolute atomic E-state index is 11.5. The number of benzene rings is 1. The Bertz CT molecular complexity index is 402. The molecule has 1 aliphatic rings. The van der Waals surface area contributed by atoms with Gasteiger partial charge >= 0.3 is 0 Å². The van der Waals surface area contributed by atoms with Gasteiger partial charge in [-0.1, -0.05) is 24.3 Å². The molecule has 0 aromatic heterocycles. The summed E-state index contributed by atoms with van der Waals surface area (Å²) in [6.45, 7) is 1.78. The molecule has 0 saturated heterocycles. The first-order valence-corrected chi connectivity index (χ1v) is 4.21. The summed E-state index contributed by atoms with van der Waals surface area (Å²) < 4.78 is 0. The monoisotopic (exact) mass is 174 g/mol. The van der Waals surface area contributed by atoms with Crippen molar-refractivity contribution >= 4 is 11.5 Å². The van der Waals surface area contributed by atoms with E-state index in [4.69, 9.17) is 0 Å². The average molecular weight is 174 g/mol. The van der Waals surface area contributed by atoms with E-state index >= 15 is 0 Å². The molecule has 0 atom stereocenters. The predicted molar refractivity (Wildman–Crippen MR) is 50.6 cm³/mol. The van der Waals surface area contributed by atoms with Crippen LogP contribution in [0, 0.1) is 0 Å². The molecule has 1 aromatic rings. The number of ketones is 1. The van der Waals surface area contributed by atoms with Crippen LogP contribution in [0.3, 0.4) is 0 Å². The summed E-state index contributed by atoms with van der Waals surface area (Å²) in [6, 6.07) is 7.15. The van der Waals surface area contributed by atoms with Crippen LogP contribution in [-0.2, 0) is 0 Å². The third-order valence-corrected chi connectivity index (χ3v) is 2.31. The van der Waals surface area contributed by atoms with Crippen LogP contribution in [-0.4, -0.2) is 10.9 Å². The van der Waals surface area contributed by atoms with E-state index in [1.807, 2.05) is 12.1 Å². The molecule has 2 heteroatoms. The summed E-state index contributed by atoms with van der Waals surface area (Å²) in [6.07, 6.45) is 0.336. The molecule has 0 unspecified atom stereocenters. The Morgan fingerprint density at radius 2 is 1.85 bits per heavy atom. The normalized spacial score (nSPS) is 15.9. The van der Waals surface area contributed by atoms with Crippen molar-refractivity contribution in [1.29, 1.82) is 0 Å². The number of allylic oxidation sites excluding steroid dienone is 1. The summed E-state index contributed by atoms with van der Waals surface area (Å²) in [5, 5.41) is 9.68. The van der Waals surface area contributed by atoms with Gasteiger partial charge in [-0.25, -0.2) is 0 Å². The standard InChI is InChI=1S/C11H10O2/c1-7-6-10(12)8-4-2-3-5-9(8)11(7)13/h2-5,13H,6H2,1H3. The van der Waals surface area contributed by atoms with Crippen LogP contribution in [0.1, 0.15) is 29.3 Å². The Balaban J connectivity index is 2.69. The zero-order valence-corrected chi connectivity index (χ0v) is 7.37. The summed E-state index contributed by atoms with van der Waals surface area (Å²) in [7, 11) is 0. The molecule has 13 heavy (non-hydrogen) atoms. The molecule has 66 valence electrons. The number of rotatable bonds is 0. The highest BCUT2D eigenvalue weighted by Crippen LogP contribution is 2.28. The van der Waals surface area contributed by atoms with Crippen LogP contribution in [0.4, 0.5) is 0 Å². The Labute approximate surface area is 76.5 Å². The minimum absolute atomic E-state index is 0.0888. The minimum Gasteiger partial charge on any atom is -0.507 e. The lowest BCUT2D eigenvalue weighted by atomic mass is 9.90. The van der Waals surface area contributed by atoms with Gasteiger partial charge in [0.05, 0.1) is 0 Å². The Kier molecular flexibility index (Phi) is 1.69. The van der Waals surface area contributed by atoms with E-state index < -0.39 is 0 Å². The number of aliphatic hydroxyl groups excluding tert-OH is 1. The maximum Gasteiger partial charge on any atom is 0.167 e. The number of aliphatic hydroxyl groups is 1. The first kappa shape index (κ1) is 8.05. The number of hydrogen-bond acceptors (Lipinski definition) is 2. The van der Waals surface area contributed by atoms with E-state index in [1.54, 1.807) is 19.1 Å². The van der Waals surface area contributed by atoms with Gasteiger partial charge in [0.1, 0.15) is 5.76 Å². The zero-order chi connectivity index (χ0) is 9.42. The first-order valence-electron chi connectivity index (χ1n) is 4.21. The van der Waals surface area contributed by atoms with Crippen molar-refractivity contribution in [1.82, 2.24) is 0 Å². The van der Waals surface area contributed by atoms with E-state index in [1.165, 1.54) is 0 Å². The van der Waals surface area contributed by atoms with Crippen LogP contribution in [0.5, 0.6) is 0 Å². The summed E-state index contributed by atoms with van der Waals surface area (Å²) in [4.78, 5) is 11.5. The van der Waals surface area contributed by atoms with E-state index in [0.717, 1.165) is 5.57 Å². The fourth-order valence-electron chi connectivity index (χ4n) is 1.58. The topological polar surface area (TPSA) is 37.3 Å². The van der Waals surface area contributed by atoms with Crippen molar-refractivity contribution in [3.63, 3.8) is 0 Å². The molecular weight excluding hydrogens is 164 g/mol. The highest BCUT2D eigenvalue weighted by Gasteiger charge is 2.21. The van der Waals surface area contributed by atoms with Crippen LogP contribution in [0.2, 0.25) is 0 Å². The van der Waals surface area contributed by atoms with Gasteiger partial charge in [-0.2, -0.15) is 0 Å². The molecule has 0 radical (unpaired) electrons. The molecule has 0 saturated carbocycles. The largest absolute Gasteiger partial charge is 0.507 e. The maximum atomic E-state index is 11.5. The highest BCUT2D eigenvalue weighted by molar-refractivity contribution is 6.04. The van der Waals surface area contributed by atoms with Crippen LogP contribution >= 0.6 is 0 Å². The number of carbonyl (C=O) groups excluding carboxylic acids is 1. The fraction of sp³-hybridized carbons (Fsp3) is 0.182. The average Bonchev–Trinajstić information content (AvgIpc) is 2.15. The second kappa shape index (κ2) is 2.73. The van der Waals surface area contributed by atoms with Crippen LogP contribution in [0.15, 0.2) is 29.8 Å². The molecule has 0 bridgehead atoms. The number of carbonyl (C=O) groups is 1. The minimum atomic E-state index is 0.0888. The number of hydrogen-bond donors (Lipinski definition) is 1. The van der Waals surface area contributed by atoms with Gasteiger partial charge in [-0.05, 0) is 12.5 Å². The summed E-state index contributed by atoms with van der Waals surface area (Å²) in [5.74, 6) is 0.348. The van der Waals surface area contributed by atoms with Gasteiger partial charge in [-0.15, -0.1) is 0 Å². The van der Waals surface area contributed by atoms with E-state index in [-0.39, 0.29) is 11.5 Å². The lowest BCUT2D eigenvalue weighted by molar-refractivity contribution is 0.0989. The second-order valence-corrected chi connectivity index (χ2v) is 3.27. The van der Waals surface area contributed by atoms with Crippen molar-refractivity contribution in [2.75, 3.05) is 0 Å². The molecule has 2 nitrogen and oxygen atoms in total. The number of Topliss-reactive ketones (excluding diaryl/α,β-unsaturated/α-hetero) is 1. The van der Waals surface area contributed by atoms with E-state index in [2.05, 4.69) is 0 Å². The molecular formula is C11H10O2. The van der Waals surface area contributed by atoms with Crippen molar-refractivity contribution in [2.45, 2.75) is 13.3 Å². The van der Waals surface area contributed by atoms with E-state index in [9.17, 15) is 9.90 Å². The Morgan fingerprint density at radius 1 is 1.23 bits per heavy atom. The zero-order valence-electron chi connectivity index (χ0n) is 7.37. The molecule has 0 aliphatic heterocycles. The van der Waals surface area contributed by atoms with Gasteiger partial charge in [0.2, 0.25) is 0 Å². The molecule has 1 aromatic carbocycles. The van der Waals surface area contributed by atoms with Crippen LogP contribution < -0.4 is 0 Å². The van der Waals surface area contributed by atoms with E-state index in [0.29, 0.717) is 17.5 Å². The van der Waals surface area contributed by atoms with Crippen LogP contribution in [0.25, 0.3) is 5.76 Å². The van der Waals surface area contributed by atoms with Gasteiger partial charge in [0.15, 0.2) is 5.78 Å². The first-order chi connectivity index (χ1) is 6.20. The number of fused-ring (bicyclic) bond motifs is 1.